The number of hydrogen-bond acceptors (Lipinski definition) is 4. The Kier molecular flexibility index (Phi) is 6.53. The number of nitrogens with one attached hydrogen (secondary N) is 1. The molecule has 4 rings (SSSR count). The number of alkyl halides is 3. The van der Waals surface area contributed by atoms with Gasteiger partial charge in [-0.3, -0.25) is 4.79 Å². The summed E-state index contributed by atoms with van der Waals surface area (Å²) >= 11 is 6.94. The zero-order valence-corrected chi connectivity index (χ0v) is 18.1. The third-order valence-electron chi connectivity index (χ3n) is 4.65. The van der Waals surface area contributed by atoms with Crippen molar-refractivity contribution in [2.75, 3.05) is 18.5 Å². The number of rotatable bonds is 5. The first kappa shape index (κ1) is 22.4. The third-order valence-corrected chi connectivity index (χ3v) is 6.22. The second-order valence-corrected chi connectivity index (χ2v) is 8.48. The van der Waals surface area contributed by atoms with Gasteiger partial charge < -0.3 is 14.8 Å². The maximum atomic E-state index is 13.2. The molecule has 0 spiro atoms. The molecule has 1 N–H and O–H groups in total. The van der Waals surface area contributed by atoms with Crippen molar-refractivity contribution >= 4 is 35.0 Å². The van der Waals surface area contributed by atoms with Gasteiger partial charge in [-0.1, -0.05) is 41.9 Å². The standard InChI is InChI=1S/C23H17ClF3NO3S/c24-18-8-6-15(12-17(18)23(25,26)27)28-22(29)21(14-4-2-1-3-5-14)32-16-7-9-19-20(13-16)31-11-10-30-19/h1-9,12-13,21H,10-11H2,(H,28,29)/t21-/m0/s1. The van der Waals surface area contributed by atoms with Gasteiger partial charge in [0.25, 0.3) is 0 Å². The summed E-state index contributed by atoms with van der Waals surface area (Å²) in [5.74, 6) is 0.745. The van der Waals surface area contributed by atoms with Gasteiger partial charge in [0, 0.05) is 10.6 Å². The molecule has 0 unspecified atom stereocenters. The van der Waals surface area contributed by atoms with Crippen LogP contribution in [0.25, 0.3) is 0 Å². The first-order chi connectivity index (χ1) is 15.3. The number of thioether (sulfide) groups is 1. The van der Waals surface area contributed by atoms with E-state index >= 15 is 0 Å². The first-order valence-electron chi connectivity index (χ1n) is 9.60. The van der Waals surface area contributed by atoms with Crippen LogP contribution in [0.1, 0.15) is 16.4 Å². The Morgan fingerprint density at radius 1 is 0.969 bits per heavy atom. The van der Waals surface area contributed by atoms with Gasteiger partial charge >= 0.3 is 6.18 Å². The summed E-state index contributed by atoms with van der Waals surface area (Å²) in [6.07, 6.45) is -4.63. The van der Waals surface area contributed by atoms with Gasteiger partial charge in [0.15, 0.2) is 11.5 Å². The van der Waals surface area contributed by atoms with Gasteiger partial charge in [-0.25, -0.2) is 0 Å². The van der Waals surface area contributed by atoms with Crippen molar-refractivity contribution in [3.05, 3.63) is 82.9 Å². The highest BCUT2D eigenvalue weighted by atomic mass is 35.5. The van der Waals surface area contributed by atoms with Gasteiger partial charge in [0.05, 0.1) is 10.6 Å². The number of ether oxygens (including phenoxy) is 2. The SMILES string of the molecule is O=C(Nc1ccc(Cl)c(C(F)(F)F)c1)[C@@H](Sc1ccc2c(c1)OCCO2)c1ccccc1. The normalized spacial score (nSPS) is 14.0. The minimum atomic E-state index is -4.63. The molecule has 1 atom stereocenters. The Morgan fingerprint density at radius 2 is 1.69 bits per heavy atom. The lowest BCUT2D eigenvalue weighted by Crippen LogP contribution is -2.19. The Labute approximate surface area is 191 Å². The van der Waals surface area contributed by atoms with E-state index in [4.69, 9.17) is 21.1 Å². The van der Waals surface area contributed by atoms with Crippen LogP contribution in [0.3, 0.4) is 0 Å². The summed E-state index contributed by atoms with van der Waals surface area (Å²) in [5, 5.41) is 1.44. The molecule has 1 aliphatic heterocycles. The molecule has 0 bridgehead atoms. The number of carbonyl (C=O) groups excluding carboxylic acids is 1. The first-order valence-corrected chi connectivity index (χ1v) is 10.9. The van der Waals surface area contributed by atoms with Crippen molar-refractivity contribution in [3.8, 4) is 11.5 Å². The molecular formula is C23H17ClF3NO3S. The lowest BCUT2D eigenvalue weighted by molar-refractivity contribution is -0.137. The summed E-state index contributed by atoms with van der Waals surface area (Å²) < 4.78 is 50.7. The van der Waals surface area contributed by atoms with Crippen LogP contribution in [0, 0.1) is 0 Å². The van der Waals surface area contributed by atoms with Gasteiger partial charge in [0.1, 0.15) is 18.5 Å². The van der Waals surface area contributed by atoms with Crippen molar-refractivity contribution in [3.63, 3.8) is 0 Å². The molecule has 0 saturated heterocycles. The predicted molar refractivity (Wildman–Crippen MR) is 118 cm³/mol. The second kappa shape index (κ2) is 9.34. The molecule has 1 aliphatic rings. The quantitative estimate of drug-likeness (QED) is 0.419. The number of amides is 1. The number of fused-ring (bicyclic) bond motifs is 1. The van der Waals surface area contributed by atoms with Crippen LogP contribution < -0.4 is 14.8 Å². The summed E-state index contributed by atoms with van der Waals surface area (Å²) in [6, 6.07) is 17.6. The number of anilines is 1. The number of hydrogen-bond donors (Lipinski definition) is 1. The largest absolute Gasteiger partial charge is 0.486 e. The van der Waals surface area contributed by atoms with E-state index in [9.17, 15) is 18.0 Å². The van der Waals surface area contributed by atoms with E-state index in [1.54, 1.807) is 36.4 Å². The summed E-state index contributed by atoms with van der Waals surface area (Å²) in [7, 11) is 0. The van der Waals surface area contributed by atoms with Crippen molar-refractivity contribution < 1.29 is 27.4 Å². The van der Waals surface area contributed by atoms with Crippen LogP contribution in [-0.2, 0) is 11.0 Å². The average Bonchev–Trinajstić information content (AvgIpc) is 2.78. The fourth-order valence-corrected chi connectivity index (χ4v) is 4.44. The van der Waals surface area contributed by atoms with Crippen molar-refractivity contribution in [1.29, 1.82) is 0 Å². The minimum Gasteiger partial charge on any atom is -0.486 e. The van der Waals surface area contributed by atoms with E-state index < -0.39 is 27.9 Å². The number of halogens is 4. The number of benzene rings is 3. The summed E-state index contributed by atoms with van der Waals surface area (Å²) in [4.78, 5) is 13.9. The van der Waals surface area contributed by atoms with Crippen LogP contribution in [0.15, 0.2) is 71.6 Å². The van der Waals surface area contributed by atoms with Crippen LogP contribution in [-0.4, -0.2) is 19.1 Å². The van der Waals surface area contributed by atoms with Gasteiger partial charge in [0.2, 0.25) is 5.91 Å². The van der Waals surface area contributed by atoms with Gasteiger partial charge in [-0.05, 0) is 42.0 Å². The molecule has 3 aromatic rings. The fourth-order valence-electron chi connectivity index (χ4n) is 3.16. The van der Waals surface area contributed by atoms with Crippen LogP contribution >= 0.6 is 23.4 Å². The molecule has 166 valence electrons. The molecule has 0 saturated carbocycles. The predicted octanol–water partition coefficient (Wildman–Crippen LogP) is 6.60. The van der Waals surface area contributed by atoms with E-state index in [0.29, 0.717) is 30.3 Å². The molecular weight excluding hydrogens is 463 g/mol. The maximum absolute atomic E-state index is 13.2. The van der Waals surface area contributed by atoms with Crippen molar-refractivity contribution in [2.24, 2.45) is 0 Å². The van der Waals surface area contributed by atoms with E-state index in [1.165, 1.54) is 17.8 Å². The van der Waals surface area contributed by atoms with E-state index in [1.807, 2.05) is 12.1 Å². The highest BCUT2D eigenvalue weighted by Gasteiger charge is 2.33. The zero-order valence-electron chi connectivity index (χ0n) is 16.5. The van der Waals surface area contributed by atoms with Crippen molar-refractivity contribution in [2.45, 2.75) is 16.3 Å². The fraction of sp³-hybridized carbons (Fsp3) is 0.174. The maximum Gasteiger partial charge on any atom is 0.417 e. The van der Waals surface area contributed by atoms with E-state index in [0.717, 1.165) is 17.0 Å². The van der Waals surface area contributed by atoms with Crippen LogP contribution in [0.5, 0.6) is 11.5 Å². The Hall–Kier alpha value is -2.84. The molecule has 3 aromatic carbocycles. The lowest BCUT2D eigenvalue weighted by Gasteiger charge is -2.21. The third kappa shape index (κ3) is 5.14. The van der Waals surface area contributed by atoms with E-state index in [-0.39, 0.29) is 5.69 Å². The topological polar surface area (TPSA) is 47.6 Å². The zero-order chi connectivity index (χ0) is 22.7. The molecule has 4 nitrogen and oxygen atoms in total. The molecule has 0 aromatic heterocycles. The van der Waals surface area contributed by atoms with Crippen molar-refractivity contribution in [1.82, 2.24) is 0 Å². The molecule has 9 heteroatoms. The molecule has 1 amide bonds. The lowest BCUT2D eigenvalue weighted by atomic mass is 10.1. The highest BCUT2D eigenvalue weighted by molar-refractivity contribution is 8.00. The van der Waals surface area contributed by atoms with E-state index in [2.05, 4.69) is 5.32 Å². The Bertz CT molecular complexity index is 1130. The Balaban J connectivity index is 1.61. The second-order valence-electron chi connectivity index (χ2n) is 6.90. The summed E-state index contributed by atoms with van der Waals surface area (Å²) in [5.41, 5.74) is -0.293. The molecule has 0 aliphatic carbocycles. The smallest absolute Gasteiger partial charge is 0.417 e. The molecule has 0 radical (unpaired) electrons. The van der Waals surface area contributed by atoms with Crippen LogP contribution in [0.2, 0.25) is 5.02 Å². The van der Waals surface area contributed by atoms with Gasteiger partial charge in [-0.2, -0.15) is 13.2 Å². The monoisotopic (exact) mass is 479 g/mol. The van der Waals surface area contributed by atoms with Crippen LogP contribution in [0.4, 0.5) is 18.9 Å². The minimum absolute atomic E-state index is 0.00966. The Morgan fingerprint density at radius 3 is 2.41 bits per heavy atom. The summed E-state index contributed by atoms with van der Waals surface area (Å²) in [6.45, 7) is 0.900. The van der Waals surface area contributed by atoms with Gasteiger partial charge in [-0.15, -0.1) is 11.8 Å². The molecule has 0 fully saturated rings. The highest BCUT2D eigenvalue weighted by Crippen LogP contribution is 2.41. The molecule has 1 heterocycles. The average molecular weight is 480 g/mol. The number of carbonyl (C=O) groups is 1. The molecule has 32 heavy (non-hydrogen) atoms.